The number of para-hydroxylation sites is 2. The predicted octanol–water partition coefficient (Wildman–Crippen LogP) is 13.7. The first-order valence-corrected chi connectivity index (χ1v) is 17.9. The Balaban J connectivity index is 1.77. The van der Waals surface area contributed by atoms with E-state index in [0.717, 1.165) is 28.4 Å². The van der Waals surface area contributed by atoms with Gasteiger partial charge in [-0.1, -0.05) is 97.1 Å². The molecule has 0 saturated heterocycles. The molecule has 0 unspecified atom stereocenters. The quantitative estimate of drug-likeness (QED) is 0.127. The zero-order valence-electron chi connectivity index (χ0n) is 31.1. The summed E-state index contributed by atoms with van der Waals surface area (Å²) in [5, 5.41) is 0. The SMILES string of the molecule is C/C=C\C=C/CN(c1cccc(C)c1)c1c(C)c(N(c2ccccc2)c2cccc(C)c2)c(C)c(N(c2ccccc2)c2cccc(C)c2)c1C. The van der Waals surface area contributed by atoms with Crippen LogP contribution in [0.5, 0.6) is 0 Å². The number of nitrogens with zero attached hydrogens (tertiary/aromatic N) is 3. The fraction of sp³-hybridized carbons (Fsp3) is 0.167. The standard InChI is InChI=1S/C48H49N3/c1-8-9-10-17-31-49(43-28-18-21-35(2)32-43)46-38(5)47(50(41-24-13-11-14-25-41)44-29-19-22-36(3)33-44)40(7)48(39(46)6)51(42-26-15-12-16-27-42)45-30-20-23-37(4)34-45/h8-30,32-34H,31H2,1-7H3/b9-8-,17-10-. The molecule has 0 heterocycles. The first kappa shape index (κ1) is 35.0. The van der Waals surface area contributed by atoms with Crippen LogP contribution >= 0.6 is 0 Å². The highest BCUT2D eigenvalue weighted by Crippen LogP contribution is 2.52. The number of allylic oxidation sites excluding steroid dienone is 3. The van der Waals surface area contributed by atoms with Crippen LogP contribution in [-0.2, 0) is 0 Å². The van der Waals surface area contributed by atoms with Crippen molar-refractivity contribution >= 4 is 45.5 Å². The third kappa shape index (κ3) is 7.54. The van der Waals surface area contributed by atoms with Crippen molar-refractivity contribution in [1.29, 1.82) is 0 Å². The normalized spacial score (nSPS) is 11.4. The lowest BCUT2D eigenvalue weighted by atomic mass is 9.94. The van der Waals surface area contributed by atoms with Gasteiger partial charge >= 0.3 is 0 Å². The van der Waals surface area contributed by atoms with Crippen molar-refractivity contribution in [1.82, 2.24) is 0 Å². The molecular formula is C48H49N3. The summed E-state index contributed by atoms with van der Waals surface area (Å²) in [6.07, 6.45) is 8.58. The molecule has 0 aliphatic heterocycles. The van der Waals surface area contributed by atoms with Crippen LogP contribution in [0.15, 0.2) is 158 Å². The first-order chi connectivity index (χ1) is 24.8. The van der Waals surface area contributed by atoms with Crippen LogP contribution < -0.4 is 14.7 Å². The Morgan fingerprint density at radius 3 is 1.24 bits per heavy atom. The van der Waals surface area contributed by atoms with E-state index in [2.05, 4.69) is 221 Å². The van der Waals surface area contributed by atoms with Gasteiger partial charge in [-0.25, -0.2) is 0 Å². The fourth-order valence-electron chi connectivity index (χ4n) is 7.24. The average molecular weight is 668 g/mol. The molecule has 0 fully saturated rings. The Bertz CT molecular complexity index is 2050. The van der Waals surface area contributed by atoms with Gasteiger partial charge in [0.05, 0.1) is 17.1 Å². The molecule has 0 saturated carbocycles. The second-order valence-corrected chi connectivity index (χ2v) is 13.3. The van der Waals surface area contributed by atoms with Crippen molar-refractivity contribution in [2.75, 3.05) is 21.2 Å². The number of hydrogen-bond acceptors (Lipinski definition) is 3. The smallest absolute Gasteiger partial charge is 0.0561 e. The number of hydrogen-bond donors (Lipinski definition) is 0. The summed E-state index contributed by atoms with van der Waals surface area (Å²) < 4.78 is 0. The van der Waals surface area contributed by atoms with E-state index in [0.29, 0.717) is 6.54 Å². The minimum absolute atomic E-state index is 0.711. The highest BCUT2D eigenvalue weighted by atomic mass is 15.2. The van der Waals surface area contributed by atoms with E-state index in [4.69, 9.17) is 0 Å². The highest BCUT2D eigenvalue weighted by Gasteiger charge is 2.30. The summed E-state index contributed by atoms with van der Waals surface area (Å²) in [6.45, 7) is 16.2. The molecule has 3 nitrogen and oxygen atoms in total. The molecule has 0 amide bonds. The van der Waals surface area contributed by atoms with E-state index in [9.17, 15) is 0 Å². The van der Waals surface area contributed by atoms with Crippen LogP contribution in [0.25, 0.3) is 0 Å². The van der Waals surface area contributed by atoms with E-state index in [1.165, 1.54) is 50.4 Å². The molecule has 0 aliphatic rings. The third-order valence-corrected chi connectivity index (χ3v) is 9.44. The highest BCUT2D eigenvalue weighted by molar-refractivity contribution is 5.95. The van der Waals surface area contributed by atoms with E-state index in [1.807, 2.05) is 0 Å². The average Bonchev–Trinajstić information content (AvgIpc) is 3.13. The van der Waals surface area contributed by atoms with E-state index in [1.54, 1.807) is 0 Å². The Kier molecular flexibility index (Phi) is 10.9. The number of benzene rings is 6. The maximum Gasteiger partial charge on any atom is 0.0561 e. The summed E-state index contributed by atoms with van der Waals surface area (Å²) in [5.74, 6) is 0. The lowest BCUT2D eigenvalue weighted by molar-refractivity contribution is 1.05. The van der Waals surface area contributed by atoms with Crippen LogP contribution in [0.3, 0.4) is 0 Å². The summed E-state index contributed by atoms with van der Waals surface area (Å²) in [4.78, 5) is 7.39. The molecule has 0 N–H and O–H groups in total. The van der Waals surface area contributed by atoms with E-state index in [-0.39, 0.29) is 0 Å². The molecule has 0 aliphatic carbocycles. The lowest BCUT2D eigenvalue weighted by Gasteiger charge is -2.38. The molecule has 3 heteroatoms. The Morgan fingerprint density at radius 1 is 0.412 bits per heavy atom. The summed E-state index contributed by atoms with van der Waals surface area (Å²) in [7, 11) is 0. The van der Waals surface area contributed by atoms with Crippen molar-refractivity contribution in [3.8, 4) is 0 Å². The Hall–Kier alpha value is -5.80. The minimum atomic E-state index is 0.711. The van der Waals surface area contributed by atoms with Gasteiger partial charge in [0.25, 0.3) is 0 Å². The van der Waals surface area contributed by atoms with Crippen LogP contribution in [0, 0.1) is 41.5 Å². The maximum atomic E-state index is 2.49. The van der Waals surface area contributed by atoms with Gasteiger partial charge in [0.1, 0.15) is 0 Å². The van der Waals surface area contributed by atoms with Crippen molar-refractivity contribution in [3.63, 3.8) is 0 Å². The van der Waals surface area contributed by atoms with Crippen LogP contribution in [0.4, 0.5) is 45.5 Å². The maximum absolute atomic E-state index is 2.49. The predicted molar refractivity (Wildman–Crippen MR) is 222 cm³/mol. The topological polar surface area (TPSA) is 9.72 Å². The summed E-state index contributed by atoms with van der Waals surface area (Å²) >= 11 is 0. The van der Waals surface area contributed by atoms with Crippen LogP contribution in [0.1, 0.15) is 40.3 Å². The second kappa shape index (κ2) is 15.8. The van der Waals surface area contributed by atoms with E-state index >= 15 is 0 Å². The molecule has 0 radical (unpaired) electrons. The molecule has 256 valence electrons. The van der Waals surface area contributed by atoms with Crippen molar-refractivity contribution < 1.29 is 0 Å². The zero-order valence-corrected chi connectivity index (χ0v) is 31.1. The Labute approximate surface area is 305 Å². The molecular weight excluding hydrogens is 619 g/mol. The van der Waals surface area contributed by atoms with E-state index < -0.39 is 0 Å². The lowest BCUT2D eigenvalue weighted by Crippen LogP contribution is -2.24. The van der Waals surface area contributed by atoms with Gasteiger partial charge in [0.2, 0.25) is 0 Å². The van der Waals surface area contributed by atoms with Gasteiger partial charge in [-0.15, -0.1) is 0 Å². The fourth-order valence-corrected chi connectivity index (χ4v) is 7.24. The largest absolute Gasteiger partial charge is 0.337 e. The van der Waals surface area contributed by atoms with Gasteiger partial charge in [-0.2, -0.15) is 0 Å². The van der Waals surface area contributed by atoms with Crippen LogP contribution in [-0.4, -0.2) is 6.54 Å². The zero-order chi connectivity index (χ0) is 35.9. The molecule has 0 spiro atoms. The van der Waals surface area contributed by atoms with Gasteiger partial charge < -0.3 is 14.7 Å². The van der Waals surface area contributed by atoms with Gasteiger partial charge in [-0.3, -0.25) is 0 Å². The number of aryl methyl sites for hydroxylation is 3. The monoisotopic (exact) mass is 667 g/mol. The Morgan fingerprint density at radius 2 is 0.804 bits per heavy atom. The molecule has 0 aromatic heterocycles. The molecule has 0 bridgehead atoms. The third-order valence-electron chi connectivity index (χ3n) is 9.44. The number of rotatable bonds is 11. The summed E-state index contributed by atoms with van der Waals surface area (Å²) in [5.41, 5.74) is 16.5. The molecule has 6 aromatic carbocycles. The number of anilines is 8. The van der Waals surface area contributed by atoms with Gasteiger partial charge in [0, 0.05) is 35.0 Å². The molecule has 0 atom stereocenters. The van der Waals surface area contributed by atoms with Crippen LogP contribution in [0.2, 0.25) is 0 Å². The molecule has 6 aromatic rings. The van der Waals surface area contributed by atoms with Crippen molar-refractivity contribution in [3.05, 3.63) is 191 Å². The van der Waals surface area contributed by atoms with Gasteiger partial charge in [-0.05, 0) is 143 Å². The second-order valence-electron chi connectivity index (χ2n) is 13.3. The van der Waals surface area contributed by atoms with Crippen molar-refractivity contribution in [2.24, 2.45) is 0 Å². The molecule has 51 heavy (non-hydrogen) atoms. The molecule has 6 rings (SSSR count). The van der Waals surface area contributed by atoms with Gasteiger partial charge in [0.15, 0.2) is 0 Å². The van der Waals surface area contributed by atoms with Crippen molar-refractivity contribution in [2.45, 2.75) is 48.5 Å². The minimum Gasteiger partial charge on any atom is -0.337 e. The summed E-state index contributed by atoms with van der Waals surface area (Å²) in [6, 6.07) is 48.2. The first-order valence-electron chi connectivity index (χ1n) is 17.9.